The van der Waals surface area contributed by atoms with E-state index in [2.05, 4.69) is 19.8 Å². The van der Waals surface area contributed by atoms with Gasteiger partial charge in [-0.3, -0.25) is 0 Å². The van der Waals surface area contributed by atoms with Gasteiger partial charge >= 0.3 is 0 Å². The third kappa shape index (κ3) is 4.71. The second-order valence-electron chi connectivity index (χ2n) is 8.12. The van der Waals surface area contributed by atoms with Crippen LogP contribution >= 0.6 is 0 Å². The fourth-order valence-corrected chi connectivity index (χ4v) is 5.65. The minimum Gasteiger partial charge on any atom is -0.378 e. The van der Waals surface area contributed by atoms with E-state index >= 15 is 0 Å². The van der Waals surface area contributed by atoms with Crippen molar-refractivity contribution in [2.45, 2.75) is 4.90 Å². The number of hydrogen-bond donors (Lipinski definition) is 0. The van der Waals surface area contributed by atoms with Crippen LogP contribution in [-0.2, 0) is 14.8 Å². The molecule has 2 aliphatic heterocycles. The lowest BCUT2D eigenvalue weighted by molar-refractivity contribution is 0.122. The summed E-state index contributed by atoms with van der Waals surface area (Å²) >= 11 is 0. The van der Waals surface area contributed by atoms with Gasteiger partial charge < -0.3 is 14.5 Å². The van der Waals surface area contributed by atoms with Gasteiger partial charge in [-0.1, -0.05) is 42.5 Å². The summed E-state index contributed by atoms with van der Waals surface area (Å²) in [6, 6.07) is 19.1. The average Bonchev–Trinajstić information content (AvgIpc) is 2.90. The van der Waals surface area contributed by atoms with Crippen molar-refractivity contribution in [3.8, 4) is 11.1 Å². The van der Waals surface area contributed by atoms with Gasteiger partial charge in [0.15, 0.2) is 0 Å². The largest absolute Gasteiger partial charge is 0.378 e. The van der Waals surface area contributed by atoms with E-state index in [0.29, 0.717) is 44.3 Å². The van der Waals surface area contributed by atoms with E-state index in [-0.39, 0.29) is 0 Å². The standard InChI is InChI=1S/C24H27N5O3S/c30-33(31,22-8-6-21(7-9-22)20-4-2-1-3-5-20)29-12-10-27(11-13-29)23-18-24(26-19-25-23)28-14-16-32-17-15-28/h1-9,18-19H,10-17H2. The molecule has 9 heteroatoms. The first-order valence-electron chi connectivity index (χ1n) is 11.2. The second-order valence-corrected chi connectivity index (χ2v) is 10.1. The summed E-state index contributed by atoms with van der Waals surface area (Å²) < 4.78 is 33.4. The van der Waals surface area contributed by atoms with Crippen molar-refractivity contribution >= 4 is 21.7 Å². The molecular formula is C24H27N5O3S. The summed E-state index contributed by atoms with van der Waals surface area (Å²) in [5.41, 5.74) is 2.07. The maximum atomic E-state index is 13.2. The Hall–Kier alpha value is -3.01. The van der Waals surface area contributed by atoms with Gasteiger partial charge in [-0.25, -0.2) is 18.4 Å². The Bertz CT molecular complexity index is 1170. The minimum atomic E-state index is -3.54. The van der Waals surface area contributed by atoms with Crippen molar-refractivity contribution in [1.82, 2.24) is 14.3 Å². The SMILES string of the molecule is O=S(=O)(c1ccc(-c2ccccc2)cc1)N1CCN(c2cc(N3CCOCC3)ncn2)CC1. The van der Waals surface area contributed by atoms with Gasteiger partial charge in [0, 0.05) is 45.3 Å². The molecule has 0 N–H and O–H groups in total. The van der Waals surface area contributed by atoms with Gasteiger partial charge in [-0.15, -0.1) is 0 Å². The molecule has 1 aromatic heterocycles. The highest BCUT2D eigenvalue weighted by atomic mass is 32.2. The highest BCUT2D eigenvalue weighted by Crippen LogP contribution is 2.25. The van der Waals surface area contributed by atoms with Crippen LogP contribution in [0.15, 0.2) is 71.9 Å². The van der Waals surface area contributed by atoms with Crippen LogP contribution in [0.2, 0.25) is 0 Å². The number of benzene rings is 2. The molecule has 0 spiro atoms. The Labute approximate surface area is 194 Å². The molecule has 0 unspecified atom stereocenters. The van der Waals surface area contributed by atoms with Gasteiger partial charge in [0.25, 0.3) is 0 Å². The zero-order chi connectivity index (χ0) is 22.7. The van der Waals surface area contributed by atoms with Crippen LogP contribution in [0.3, 0.4) is 0 Å². The maximum absolute atomic E-state index is 13.2. The first-order valence-corrected chi connectivity index (χ1v) is 12.6. The van der Waals surface area contributed by atoms with E-state index in [1.54, 1.807) is 22.8 Å². The molecule has 172 valence electrons. The van der Waals surface area contributed by atoms with E-state index in [9.17, 15) is 8.42 Å². The molecular weight excluding hydrogens is 438 g/mol. The molecule has 0 amide bonds. The topological polar surface area (TPSA) is 78.9 Å². The number of hydrogen-bond acceptors (Lipinski definition) is 7. The molecule has 2 aliphatic rings. The van der Waals surface area contributed by atoms with Crippen LogP contribution in [-0.4, -0.2) is 75.2 Å². The van der Waals surface area contributed by atoms with Crippen LogP contribution in [0.25, 0.3) is 11.1 Å². The lowest BCUT2D eigenvalue weighted by Crippen LogP contribution is -2.49. The van der Waals surface area contributed by atoms with Gasteiger partial charge in [-0.2, -0.15) is 4.31 Å². The highest BCUT2D eigenvalue weighted by Gasteiger charge is 2.29. The Kier molecular flexibility index (Phi) is 6.26. The first kappa shape index (κ1) is 21.8. The molecule has 2 saturated heterocycles. The monoisotopic (exact) mass is 465 g/mol. The molecule has 5 rings (SSSR count). The van der Waals surface area contributed by atoms with Crippen LogP contribution < -0.4 is 9.80 Å². The predicted octanol–water partition coefficient (Wildman–Crippen LogP) is 2.49. The zero-order valence-corrected chi connectivity index (χ0v) is 19.2. The number of anilines is 2. The van der Waals surface area contributed by atoms with Crippen LogP contribution in [0.1, 0.15) is 0 Å². The lowest BCUT2D eigenvalue weighted by atomic mass is 10.1. The van der Waals surface area contributed by atoms with E-state index < -0.39 is 10.0 Å². The number of nitrogens with zero attached hydrogens (tertiary/aromatic N) is 5. The zero-order valence-electron chi connectivity index (χ0n) is 18.4. The average molecular weight is 466 g/mol. The second kappa shape index (κ2) is 9.46. The normalized spacial score (nSPS) is 17.8. The molecule has 0 bridgehead atoms. The molecule has 8 nitrogen and oxygen atoms in total. The van der Waals surface area contributed by atoms with Crippen molar-refractivity contribution in [2.24, 2.45) is 0 Å². The smallest absolute Gasteiger partial charge is 0.243 e. The quantitative estimate of drug-likeness (QED) is 0.573. The molecule has 2 aromatic carbocycles. The van der Waals surface area contributed by atoms with Crippen LogP contribution in [0.5, 0.6) is 0 Å². The summed E-state index contributed by atoms with van der Waals surface area (Å²) in [4.78, 5) is 13.5. The summed E-state index contributed by atoms with van der Waals surface area (Å²) in [6.07, 6.45) is 1.58. The molecule has 3 heterocycles. The van der Waals surface area contributed by atoms with Gasteiger partial charge in [0.2, 0.25) is 10.0 Å². The van der Waals surface area contributed by atoms with Gasteiger partial charge in [-0.05, 0) is 23.3 Å². The Morgan fingerprint density at radius 3 is 1.91 bits per heavy atom. The van der Waals surface area contributed by atoms with Crippen molar-refractivity contribution in [3.63, 3.8) is 0 Å². The Balaban J connectivity index is 1.25. The van der Waals surface area contributed by atoms with Gasteiger partial charge in [0.1, 0.15) is 18.0 Å². The molecule has 0 atom stereocenters. The number of aromatic nitrogens is 2. The minimum absolute atomic E-state index is 0.326. The van der Waals surface area contributed by atoms with E-state index in [1.165, 1.54) is 0 Å². The summed E-state index contributed by atoms with van der Waals surface area (Å²) in [6.45, 7) is 5.02. The summed E-state index contributed by atoms with van der Waals surface area (Å²) in [5, 5.41) is 0. The molecule has 2 fully saturated rings. The Morgan fingerprint density at radius 2 is 1.27 bits per heavy atom. The van der Waals surface area contributed by atoms with Crippen molar-refractivity contribution in [3.05, 3.63) is 67.0 Å². The van der Waals surface area contributed by atoms with Crippen LogP contribution in [0, 0.1) is 0 Å². The fraction of sp³-hybridized carbons (Fsp3) is 0.333. The number of ether oxygens (including phenoxy) is 1. The van der Waals surface area contributed by atoms with Crippen molar-refractivity contribution in [2.75, 3.05) is 62.3 Å². The first-order chi connectivity index (χ1) is 16.1. The van der Waals surface area contributed by atoms with Crippen molar-refractivity contribution < 1.29 is 13.2 Å². The third-order valence-corrected chi connectivity index (χ3v) is 8.05. The number of sulfonamides is 1. The maximum Gasteiger partial charge on any atom is 0.243 e. The van der Waals surface area contributed by atoms with E-state index in [4.69, 9.17) is 4.74 Å². The molecule has 0 radical (unpaired) electrons. The molecule has 33 heavy (non-hydrogen) atoms. The number of rotatable bonds is 5. The number of piperazine rings is 1. The van der Waals surface area contributed by atoms with Crippen LogP contribution in [0.4, 0.5) is 11.6 Å². The molecule has 0 aliphatic carbocycles. The third-order valence-electron chi connectivity index (χ3n) is 6.14. The van der Waals surface area contributed by atoms with Crippen molar-refractivity contribution in [1.29, 1.82) is 0 Å². The van der Waals surface area contributed by atoms with E-state index in [0.717, 1.165) is 35.9 Å². The van der Waals surface area contributed by atoms with Gasteiger partial charge in [0.05, 0.1) is 18.1 Å². The highest BCUT2D eigenvalue weighted by molar-refractivity contribution is 7.89. The van der Waals surface area contributed by atoms with E-state index in [1.807, 2.05) is 48.5 Å². The molecule has 3 aromatic rings. The predicted molar refractivity (Wildman–Crippen MR) is 128 cm³/mol. The fourth-order valence-electron chi connectivity index (χ4n) is 4.23. The summed E-state index contributed by atoms with van der Waals surface area (Å²) in [5.74, 6) is 1.72. The Morgan fingerprint density at radius 1 is 0.697 bits per heavy atom. The summed E-state index contributed by atoms with van der Waals surface area (Å²) in [7, 11) is -3.54. The molecule has 0 saturated carbocycles. The lowest BCUT2D eigenvalue weighted by Gasteiger charge is -2.35. The number of morpholine rings is 1.